The summed E-state index contributed by atoms with van der Waals surface area (Å²) in [5, 5.41) is 3.09. The van der Waals surface area contributed by atoms with Crippen LogP contribution in [0.5, 0.6) is 5.75 Å². The fourth-order valence-electron chi connectivity index (χ4n) is 3.14. The Morgan fingerprint density at radius 1 is 0.957 bits per heavy atom. The molecule has 0 radical (unpaired) electrons. The monoisotopic (exact) mass is 305 g/mol. The van der Waals surface area contributed by atoms with Crippen molar-refractivity contribution in [2.75, 3.05) is 7.11 Å². The summed E-state index contributed by atoms with van der Waals surface area (Å²) in [5.74, 6) is 0.661. The van der Waals surface area contributed by atoms with Crippen LogP contribution in [0.1, 0.15) is 5.56 Å². The molecule has 4 rings (SSSR count). The van der Waals surface area contributed by atoms with Crippen molar-refractivity contribution in [2.24, 2.45) is 0 Å². The number of hydrogen-bond acceptors (Lipinski definition) is 1. The van der Waals surface area contributed by atoms with Gasteiger partial charge in [0.2, 0.25) is 0 Å². The zero-order chi connectivity index (χ0) is 15.8. The maximum atomic E-state index is 13.6. The van der Waals surface area contributed by atoms with E-state index < -0.39 is 0 Å². The third kappa shape index (κ3) is 2.34. The average molecular weight is 305 g/mol. The van der Waals surface area contributed by atoms with Crippen LogP contribution >= 0.6 is 0 Å². The smallest absolute Gasteiger partial charge is 0.128 e. The van der Waals surface area contributed by atoms with Crippen LogP contribution in [0, 0.1) is 5.82 Å². The summed E-state index contributed by atoms with van der Waals surface area (Å²) in [6, 6.07) is 19.1. The number of nitrogens with zero attached hydrogens (tertiary/aromatic N) is 1. The first kappa shape index (κ1) is 13.8. The Labute approximate surface area is 133 Å². The fraction of sp³-hybridized carbons (Fsp3) is 0.100. The maximum Gasteiger partial charge on any atom is 0.128 e. The second-order valence-corrected chi connectivity index (χ2v) is 5.62. The SMILES string of the molecule is COc1cccc2c1ccn2Cc1cccc2ccc(F)cc12. The molecule has 1 heterocycles. The molecule has 2 nitrogen and oxygen atoms in total. The number of halogens is 1. The van der Waals surface area contributed by atoms with Crippen LogP contribution in [-0.2, 0) is 6.54 Å². The number of ether oxygens (including phenoxy) is 1. The van der Waals surface area contributed by atoms with Crippen LogP contribution in [0.2, 0.25) is 0 Å². The molecule has 114 valence electrons. The van der Waals surface area contributed by atoms with E-state index in [1.807, 2.05) is 42.6 Å². The van der Waals surface area contributed by atoms with Crippen molar-refractivity contribution >= 4 is 21.7 Å². The first-order valence-corrected chi connectivity index (χ1v) is 7.55. The van der Waals surface area contributed by atoms with Gasteiger partial charge in [0.15, 0.2) is 0 Å². The third-order valence-corrected chi connectivity index (χ3v) is 4.27. The van der Waals surface area contributed by atoms with E-state index in [1.54, 1.807) is 13.2 Å². The summed E-state index contributed by atoms with van der Waals surface area (Å²) in [7, 11) is 1.68. The van der Waals surface area contributed by atoms with Crippen molar-refractivity contribution in [3.8, 4) is 5.75 Å². The summed E-state index contributed by atoms with van der Waals surface area (Å²) in [4.78, 5) is 0. The van der Waals surface area contributed by atoms with Crippen molar-refractivity contribution in [1.29, 1.82) is 0 Å². The molecule has 0 aliphatic carbocycles. The van der Waals surface area contributed by atoms with Gasteiger partial charge in [0.05, 0.1) is 12.6 Å². The van der Waals surface area contributed by atoms with Gasteiger partial charge < -0.3 is 9.30 Å². The first-order valence-electron chi connectivity index (χ1n) is 7.55. The highest BCUT2D eigenvalue weighted by Crippen LogP contribution is 2.28. The van der Waals surface area contributed by atoms with Gasteiger partial charge in [-0.05, 0) is 46.7 Å². The number of fused-ring (bicyclic) bond motifs is 2. The van der Waals surface area contributed by atoms with E-state index in [4.69, 9.17) is 4.74 Å². The van der Waals surface area contributed by atoms with Gasteiger partial charge >= 0.3 is 0 Å². The molecule has 1 aromatic heterocycles. The second kappa shape index (κ2) is 5.43. The molecule has 0 aliphatic heterocycles. The standard InChI is InChI=1S/C20H16FNO/c1-23-20-7-3-6-19-17(20)10-11-22(19)13-15-5-2-4-14-8-9-16(21)12-18(14)15/h2-12H,13H2,1H3. The molecule has 23 heavy (non-hydrogen) atoms. The summed E-state index contributed by atoms with van der Waals surface area (Å²) in [5.41, 5.74) is 2.21. The van der Waals surface area contributed by atoms with Gasteiger partial charge in [0, 0.05) is 18.1 Å². The van der Waals surface area contributed by atoms with Crippen molar-refractivity contribution in [1.82, 2.24) is 4.57 Å². The van der Waals surface area contributed by atoms with Crippen molar-refractivity contribution in [2.45, 2.75) is 6.54 Å². The van der Waals surface area contributed by atoms with Crippen molar-refractivity contribution in [3.63, 3.8) is 0 Å². The minimum absolute atomic E-state index is 0.205. The highest BCUT2D eigenvalue weighted by molar-refractivity contribution is 5.88. The third-order valence-electron chi connectivity index (χ3n) is 4.27. The van der Waals surface area contributed by atoms with E-state index in [2.05, 4.69) is 16.7 Å². The summed E-state index contributed by atoms with van der Waals surface area (Å²) in [6.07, 6.45) is 2.05. The van der Waals surface area contributed by atoms with Crippen molar-refractivity contribution < 1.29 is 9.13 Å². The van der Waals surface area contributed by atoms with Crippen molar-refractivity contribution in [3.05, 3.63) is 78.2 Å². The summed E-state index contributed by atoms with van der Waals surface area (Å²) < 4.78 is 21.2. The average Bonchev–Trinajstić information content (AvgIpc) is 2.98. The van der Waals surface area contributed by atoms with E-state index in [0.29, 0.717) is 6.54 Å². The molecule has 0 amide bonds. The van der Waals surface area contributed by atoms with Gasteiger partial charge in [-0.1, -0.05) is 30.3 Å². The minimum Gasteiger partial charge on any atom is -0.496 e. The lowest BCUT2D eigenvalue weighted by Crippen LogP contribution is -1.99. The van der Waals surface area contributed by atoms with Crippen LogP contribution in [0.3, 0.4) is 0 Å². The lowest BCUT2D eigenvalue weighted by atomic mass is 10.0. The van der Waals surface area contributed by atoms with Gasteiger partial charge in [-0.2, -0.15) is 0 Å². The van der Waals surface area contributed by atoms with Gasteiger partial charge in [0.25, 0.3) is 0 Å². The van der Waals surface area contributed by atoms with E-state index >= 15 is 0 Å². The molecular weight excluding hydrogens is 289 g/mol. The molecule has 4 aromatic rings. The highest BCUT2D eigenvalue weighted by atomic mass is 19.1. The Hall–Kier alpha value is -2.81. The molecule has 0 aliphatic rings. The molecule has 0 N–H and O–H groups in total. The minimum atomic E-state index is -0.205. The van der Waals surface area contributed by atoms with E-state index in [0.717, 1.165) is 33.0 Å². The normalized spacial score (nSPS) is 11.2. The number of methoxy groups -OCH3 is 1. The molecule has 3 aromatic carbocycles. The lowest BCUT2D eigenvalue weighted by Gasteiger charge is -2.10. The summed E-state index contributed by atoms with van der Waals surface area (Å²) >= 11 is 0. The Bertz CT molecular complexity index is 1000. The largest absolute Gasteiger partial charge is 0.496 e. The molecule has 0 saturated carbocycles. The Morgan fingerprint density at radius 3 is 2.70 bits per heavy atom. The van der Waals surface area contributed by atoms with Crippen LogP contribution < -0.4 is 4.74 Å². The van der Waals surface area contributed by atoms with Gasteiger partial charge in [-0.15, -0.1) is 0 Å². The fourth-order valence-corrected chi connectivity index (χ4v) is 3.14. The van der Waals surface area contributed by atoms with Crippen LogP contribution in [-0.4, -0.2) is 11.7 Å². The first-order chi connectivity index (χ1) is 11.3. The van der Waals surface area contributed by atoms with E-state index in [-0.39, 0.29) is 5.82 Å². The maximum absolute atomic E-state index is 13.6. The number of hydrogen-bond donors (Lipinski definition) is 0. The number of benzene rings is 3. The Balaban J connectivity index is 1.84. The zero-order valence-electron chi connectivity index (χ0n) is 12.8. The molecule has 0 fully saturated rings. The Morgan fingerprint density at radius 2 is 1.83 bits per heavy atom. The highest BCUT2D eigenvalue weighted by Gasteiger charge is 2.08. The Kier molecular flexibility index (Phi) is 3.27. The predicted octanol–water partition coefficient (Wildman–Crippen LogP) is 4.99. The van der Waals surface area contributed by atoms with E-state index in [9.17, 15) is 4.39 Å². The molecule has 0 atom stereocenters. The van der Waals surface area contributed by atoms with Crippen LogP contribution in [0.15, 0.2) is 66.9 Å². The summed E-state index contributed by atoms with van der Waals surface area (Å²) in [6.45, 7) is 0.692. The molecule has 0 unspecified atom stereocenters. The second-order valence-electron chi connectivity index (χ2n) is 5.62. The topological polar surface area (TPSA) is 14.2 Å². The predicted molar refractivity (Wildman–Crippen MR) is 91.5 cm³/mol. The molecule has 3 heteroatoms. The van der Waals surface area contributed by atoms with Crippen LogP contribution in [0.25, 0.3) is 21.7 Å². The molecule has 0 saturated heterocycles. The van der Waals surface area contributed by atoms with E-state index in [1.165, 1.54) is 6.07 Å². The quantitative estimate of drug-likeness (QED) is 0.520. The molecule has 0 spiro atoms. The van der Waals surface area contributed by atoms with Gasteiger partial charge in [0.1, 0.15) is 11.6 Å². The number of rotatable bonds is 3. The number of aromatic nitrogens is 1. The van der Waals surface area contributed by atoms with Gasteiger partial charge in [-0.25, -0.2) is 4.39 Å². The van der Waals surface area contributed by atoms with Crippen LogP contribution in [0.4, 0.5) is 4.39 Å². The van der Waals surface area contributed by atoms with Gasteiger partial charge in [-0.3, -0.25) is 0 Å². The lowest BCUT2D eigenvalue weighted by molar-refractivity contribution is 0.420. The molecule has 0 bridgehead atoms. The zero-order valence-corrected chi connectivity index (χ0v) is 12.8. The molecular formula is C20H16FNO.